The van der Waals surface area contributed by atoms with E-state index in [0.717, 1.165) is 53.0 Å². The molecule has 5 aromatic heterocycles. The molecule has 7 aliphatic rings. The molecule has 2 fully saturated rings. The molecule has 0 amide bonds. The van der Waals surface area contributed by atoms with Crippen molar-refractivity contribution in [2.45, 2.75) is 248 Å². The molecule has 0 bridgehead atoms. The molecule has 0 aliphatic heterocycles. The van der Waals surface area contributed by atoms with E-state index in [1.165, 1.54) is 217 Å². The van der Waals surface area contributed by atoms with Gasteiger partial charge in [-0.1, -0.05) is 313 Å². The molecule has 120 heavy (non-hydrogen) atoms. The van der Waals surface area contributed by atoms with Crippen molar-refractivity contribution in [3.05, 3.63) is 320 Å². The first-order valence-electron chi connectivity index (χ1n) is 44.7. The number of aryl methyl sites for hydroxylation is 2. The summed E-state index contributed by atoms with van der Waals surface area (Å²) in [5.74, 6) is 1.98. The van der Waals surface area contributed by atoms with Gasteiger partial charge in [-0.3, -0.25) is 19.9 Å². The molecule has 6 nitrogen and oxygen atoms in total. The van der Waals surface area contributed by atoms with Gasteiger partial charge in [-0.05, 0) is 228 Å². The molecule has 0 radical (unpaired) electrons. The highest BCUT2D eigenvalue weighted by molar-refractivity contribution is 6.06. The average Bonchev–Trinajstić information content (AvgIpc) is 1.04. The fourth-order valence-electron chi connectivity index (χ4n) is 22.1. The lowest BCUT2D eigenvalue weighted by molar-refractivity contribution is 0.410. The first-order chi connectivity index (χ1) is 57.1. The van der Waals surface area contributed by atoms with Gasteiger partial charge in [0.25, 0.3) is 0 Å². The Labute approximate surface area is 713 Å². The Morgan fingerprint density at radius 1 is 0.308 bits per heavy atom. The van der Waals surface area contributed by atoms with Crippen LogP contribution in [-0.2, 0) is 39.9 Å². The summed E-state index contributed by atoms with van der Waals surface area (Å²) in [5.41, 5.74) is 37.7. The fraction of sp³-hybridized carbons (Fsp3) is 0.351. The number of rotatable bonds is 5. The second-order valence-corrected chi connectivity index (χ2v) is 41.6. The summed E-state index contributed by atoms with van der Waals surface area (Å²) in [6.07, 6.45) is 22.7. The summed E-state index contributed by atoms with van der Waals surface area (Å²) in [5, 5.41) is 12.0. The summed E-state index contributed by atoms with van der Waals surface area (Å²) in [7, 11) is 0. The van der Waals surface area contributed by atoms with Crippen LogP contribution in [0.5, 0.6) is 0 Å². The average molecular weight is 1570 g/mol. The Balaban J connectivity index is 0.000000103. The normalized spacial score (nSPS) is 16.6. The lowest BCUT2D eigenvalue weighted by Gasteiger charge is -2.35. The molecular weight excluding hydrogens is 1450 g/mol. The van der Waals surface area contributed by atoms with Gasteiger partial charge in [-0.25, -0.2) is 9.97 Å². The molecule has 22 rings (SSSR count). The van der Waals surface area contributed by atoms with Gasteiger partial charge >= 0.3 is 0 Å². The maximum absolute atomic E-state index is 4.81. The van der Waals surface area contributed by atoms with Gasteiger partial charge in [0.2, 0.25) is 0 Å². The van der Waals surface area contributed by atoms with E-state index >= 15 is 0 Å². The van der Waals surface area contributed by atoms with E-state index in [0.29, 0.717) is 5.92 Å². The van der Waals surface area contributed by atoms with Crippen LogP contribution in [0.4, 0.5) is 0 Å². The minimum Gasteiger partial charge on any atom is -0.256 e. The molecule has 15 aromatic rings. The van der Waals surface area contributed by atoms with Crippen LogP contribution in [0, 0.1) is 24.7 Å². The molecule has 606 valence electrons. The first-order valence-corrected chi connectivity index (χ1v) is 44.7. The van der Waals surface area contributed by atoms with Gasteiger partial charge in [0.05, 0.1) is 34.0 Å². The molecule has 0 atom stereocenters. The van der Waals surface area contributed by atoms with Crippen molar-refractivity contribution >= 4 is 54.0 Å². The zero-order valence-electron chi connectivity index (χ0n) is 74.8. The van der Waals surface area contributed by atoms with Crippen molar-refractivity contribution in [2.75, 3.05) is 0 Å². The third-order valence-corrected chi connectivity index (χ3v) is 28.3. The molecular formula is C114H120N6. The van der Waals surface area contributed by atoms with Gasteiger partial charge in [0.1, 0.15) is 6.33 Å². The van der Waals surface area contributed by atoms with Crippen LogP contribution in [-0.4, -0.2) is 29.9 Å². The van der Waals surface area contributed by atoms with Gasteiger partial charge < -0.3 is 0 Å². The van der Waals surface area contributed by atoms with Crippen LogP contribution in [0.3, 0.4) is 0 Å². The van der Waals surface area contributed by atoms with Crippen molar-refractivity contribution in [3.63, 3.8) is 0 Å². The van der Waals surface area contributed by atoms with Crippen LogP contribution in [0.2, 0.25) is 0 Å². The smallest absolute Gasteiger partial charge is 0.116 e. The van der Waals surface area contributed by atoms with Crippen LogP contribution >= 0.6 is 0 Å². The van der Waals surface area contributed by atoms with E-state index < -0.39 is 0 Å². The van der Waals surface area contributed by atoms with Gasteiger partial charge in [0, 0.05) is 107 Å². The largest absolute Gasteiger partial charge is 0.256 e. The molecule has 0 saturated heterocycles. The Morgan fingerprint density at radius 2 is 0.625 bits per heavy atom. The maximum Gasteiger partial charge on any atom is 0.116 e. The van der Waals surface area contributed by atoms with E-state index in [2.05, 4.69) is 343 Å². The predicted octanol–water partition coefficient (Wildman–Crippen LogP) is 30.3. The second-order valence-electron chi connectivity index (χ2n) is 41.6. The molecule has 2 saturated carbocycles. The highest BCUT2D eigenvalue weighted by atomic mass is 14.8. The van der Waals surface area contributed by atoms with E-state index in [1.54, 1.807) is 17.5 Å². The first kappa shape index (κ1) is 80.3. The van der Waals surface area contributed by atoms with E-state index in [9.17, 15) is 0 Å². The number of nitrogens with zero attached hydrogens (tertiary/aromatic N) is 6. The van der Waals surface area contributed by atoms with Crippen molar-refractivity contribution in [3.8, 4) is 56.3 Å². The maximum atomic E-state index is 4.81. The lowest BCUT2D eigenvalue weighted by atomic mass is 9.68. The summed E-state index contributed by atoms with van der Waals surface area (Å²) < 4.78 is 0. The number of hydrogen-bond acceptors (Lipinski definition) is 6. The molecule has 5 heterocycles. The standard InChI is InChI=1S/C24H25N.C24H27N.C23H23N.C23H25N.C20H20N2/c1-15-8-9-20-19(12-15)23-22-17(10-11-25-23)13-18(16-6-4-5-7-16)14-21(22)24(20,2)3;1-15-7-8-19-18(11-15)22-21-17(9-10-25-22)12-16(14-23(2,3)4)13-20(21)24(19,5)6;1-23(2)19-10-6-5-9-18(19)22-21-16(11-12-24-22)13-17(14-20(21)23)15-7-3-4-8-15;1-22(2,3)14-15-12-16-10-11-24-21-17-8-6-7-9-18(17)23(4,5)19(13-15)20(16)21;1-12(2)13-9-16-18-17(10-13)21-11-22-19(18)14-7-5-6-8-15(14)20(16,3)4/h8-14,16H,4-7H2,1-3H3;7-13H,14H2,1-6H3;5-6,9-15H,3-4,7-8H2,1-2H3;6-13H,14H2,1-5H3;5-12H,1-4H3. The van der Waals surface area contributed by atoms with Crippen LogP contribution < -0.4 is 0 Å². The topological polar surface area (TPSA) is 77.3 Å². The minimum absolute atomic E-state index is 0.00122. The third-order valence-electron chi connectivity index (χ3n) is 28.3. The Kier molecular flexibility index (Phi) is 19.9. The van der Waals surface area contributed by atoms with Crippen molar-refractivity contribution in [2.24, 2.45) is 10.8 Å². The van der Waals surface area contributed by atoms with E-state index in [-0.39, 0.29) is 37.9 Å². The van der Waals surface area contributed by atoms with Gasteiger partial charge in [-0.2, -0.15) is 0 Å². The highest BCUT2D eigenvalue weighted by Gasteiger charge is 2.41. The lowest BCUT2D eigenvalue weighted by Crippen LogP contribution is -2.24. The summed E-state index contributed by atoms with van der Waals surface area (Å²) in [4.78, 5) is 28.3. The quantitative estimate of drug-likeness (QED) is 0.171. The van der Waals surface area contributed by atoms with E-state index in [1.807, 2.05) is 24.8 Å². The van der Waals surface area contributed by atoms with E-state index in [4.69, 9.17) is 19.9 Å². The Hall–Kier alpha value is -10.8. The molecule has 0 N–H and O–H groups in total. The van der Waals surface area contributed by atoms with Crippen molar-refractivity contribution in [1.29, 1.82) is 0 Å². The fourth-order valence-corrected chi connectivity index (χ4v) is 22.1. The van der Waals surface area contributed by atoms with Gasteiger partial charge in [-0.15, -0.1) is 0 Å². The third kappa shape index (κ3) is 14.0. The molecule has 10 aromatic carbocycles. The monoisotopic (exact) mass is 1570 g/mol. The Morgan fingerprint density at radius 3 is 0.983 bits per heavy atom. The van der Waals surface area contributed by atoms with Crippen LogP contribution in [0.25, 0.3) is 110 Å². The van der Waals surface area contributed by atoms with Crippen molar-refractivity contribution in [1.82, 2.24) is 29.9 Å². The molecule has 0 unspecified atom stereocenters. The molecule has 7 aliphatic carbocycles. The van der Waals surface area contributed by atoms with Gasteiger partial charge in [0.15, 0.2) is 0 Å². The number of benzene rings is 10. The number of hydrogen-bond donors (Lipinski definition) is 0. The van der Waals surface area contributed by atoms with Crippen LogP contribution in [0.1, 0.15) is 288 Å². The zero-order chi connectivity index (χ0) is 84.1. The molecule has 0 spiro atoms. The number of aromatic nitrogens is 6. The minimum atomic E-state index is -0.0303. The summed E-state index contributed by atoms with van der Waals surface area (Å²) in [6, 6.07) is 72.6. The molecule has 6 heteroatoms. The SMILES string of the molecule is CC(C)(C)Cc1cc2c3c(nccc3c1)-c1ccccc1C2(C)C.CC(C)c1cc2c3c(ncnc3c1)-c1ccccc1C2(C)C.CC1(C)c2ccccc2-c2nccc3cc(C4CCCC4)cc1c23.Cc1ccc2c(c1)-c1nccc3cc(C4CCCC4)cc(c13)C2(C)C.Cc1ccc2c(c1)-c1nccc3cc(CC(C)(C)C)cc(c13)C2(C)C. The highest BCUT2D eigenvalue weighted by Crippen LogP contribution is 2.56. The number of fused-ring (bicyclic) bond motifs is 10. The van der Waals surface area contributed by atoms with Crippen molar-refractivity contribution < 1.29 is 0 Å². The summed E-state index contributed by atoms with van der Waals surface area (Å²) >= 11 is 0. The van der Waals surface area contributed by atoms with Crippen LogP contribution in [0.15, 0.2) is 225 Å². The number of pyridine rings is 4. The zero-order valence-corrected chi connectivity index (χ0v) is 74.8. The predicted molar refractivity (Wildman–Crippen MR) is 507 cm³/mol. The summed E-state index contributed by atoms with van der Waals surface area (Å²) in [6.45, 7) is 46.2. The Bertz CT molecular complexity index is 6610. The second kappa shape index (κ2) is 29.8.